The van der Waals surface area contributed by atoms with Gasteiger partial charge in [-0.25, -0.2) is 18.1 Å². The first-order valence-corrected chi connectivity index (χ1v) is 10.1. The van der Waals surface area contributed by atoms with Gasteiger partial charge in [-0.3, -0.25) is 0 Å². The van der Waals surface area contributed by atoms with Crippen LogP contribution in [0.2, 0.25) is 0 Å². The highest BCUT2D eigenvalue weighted by atomic mass is 32.2. The number of hydrogen-bond donors (Lipinski definition) is 1. The van der Waals surface area contributed by atoms with Crippen molar-refractivity contribution in [3.8, 4) is 0 Å². The first-order valence-electron chi connectivity index (χ1n) is 6.95. The Hall–Kier alpha value is -1.28. The molecule has 0 aliphatic rings. The third kappa shape index (κ3) is 3.55. The lowest BCUT2D eigenvalue weighted by molar-refractivity contribution is 0.581. The molecule has 0 fully saturated rings. The van der Waals surface area contributed by atoms with E-state index in [4.69, 9.17) is 0 Å². The quantitative estimate of drug-likeness (QED) is 0.690. The predicted molar refractivity (Wildman–Crippen MR) is 92.2 cm³/mol. The fourth-order valence-corrected chi connectivity index (χ4v) is 5.51. The summed E-state index contributed by atoms with van der Waals surface area (Å²) >= 11 is 2.96. The standard InChI is InChI=1S/C15H16N2O2S3/c1-11-8-9-15(20-11)22(18,19)16-10-4-7-14-17-12-5-2-3-6-13(12)21-14/h2-3,5-6,8-9,16H,4,7,10H2,1H3. The molecule has 0 aliphatic carbocycles. The summed E-state index contributed by atoms with van der Waals surface area (Å²) in [5.41, 5.74) is 1.01. The maximum absolute atomic E-state index is 12.1. The fraction of sp³-hybridized carbons (Fsp3) is 0.267. The van der Waals surface area contributed by atoms with E-state index in [2.05, 4.69) is 15.8 Å². The average molecular weight is 353 g/mol. The molecule has 22 heavy (non-hydrogen) atoms. The molecule has 2 aromatic heterocycles. The molecule has 7 heteroatoms. The molecule has 0 unspecified atom stereocenters. The van der Waals surface area contributed by atoms with Crippen LogP contribution in [-0.2, 0) is 16.4 Å². The predicted octanol–water partition coefficient (Wildman–Crippen LogP) is 3.58. The smallest absolute Gasteiger partial charge is 0.241 e. The Balaban J connectivity index is 1.55. The van der Waals surface area contributed by atoms with Crippen LogP contribution in [0.1, 0.15) is 16.3 Å². The molecule has 0 aliphatic heterocycles. The molecule has 0 bridgehead atoms. The molecule has 116 valence electrons. The highest BCUT2D eigenvalue weighted by Crippen LogP contribution is 2.23. The number of nitrogens with zero attached hydrogens (tertiary/aromatic N) is 1. The highest BCUT2D eigenvalue weighted by molar-refractivity contribution is 7.91. The molecule has 3 rings (SSSR count). The Kier molecular flexibility index (Phi) is 4.58. The topological polar surface area (TPSA) is 59.1 Å². The van der Waals surface area contributed by atoms with E-state index >= 15 is 0 Å². The van der Waals surface area contributed by atoms with Gasteiger partial charge in [0.1, 0.15) is 4.21 Å². The van der Waals surface area contributed by atoms with E-state index in [1.165, 1.54) is 16.0 Å². The van der Waals surface area contributed by atoms with Gasteiger partial charge in [-0.15, -0.1) is 22.7 Å². The van der Waals surface area contributed by atoms with E-state index in [1.54, 1.807) is 17.4 Å². The van der Waals surface area contributed by atoms with Crippen molar-refractivity contribution in [1.29, 1.82) is 0 Å². The Bertz CT molecular complexity index is 848. The van der Waals surface area contributed by atoms with E-state index in [-0.39, 0.29) is 0 Å². The minimum atomic E-state index is -3.37. The maximum Gasteiger partial charge on any atom is 0.250 e. The second kappa shape index (κ2) is 6.45. The van der Waals surface area contributed by atoms with E-state index < -0.39 is 10.0 Å². The van der Waals surface area contributed by atoms with Gasteiger partial charge < -0.3 is 0 Å². The van der Waals surface area contributed by atoms with Crippen molar-refractivity contribution in [1.82, 2.24) is 9.71 Å². The van der Waals surface area contributed by atoms with Gasteiger partial charge in [-0.2, -0.15) is 0 Å². The lowest BCUT2D eigenvalue weighted by Gasteiger charge is -2.03. The van der Waals surface area contributed by atoms with Crippen LogP contribution >= 0.6 is 22.7 Å². The largest absolute Gasteiger partial charge is 0.250 e. The van der Waals surface area contributed by atoms with Gasteiger partial charge >= 0.3 is 0 Å². The summed E-state index contributed by atoms with van der Waals surface area (Å²) < 4.78 is 28.4. The van der Waals surface area contributed by atoms with Gasteiger partial charge in [0.25, 0.3) is 0 Å². The van der Waals surface area contributed by atoms with E-state index in [9.17, 15) is 8.42 Å². The van der Waals surface area contributed by atoms with Gasteiger partial charge in [0.15, 0.2) is 0 Å². The second-order valence-electron chi connectivity index (χ2n) is 4.94. The van der Waals surface area contributed by atoms with Crippen LogP contribution in [0.3, 0.4) is 0 Å². The molecule has 0 atom stereocenters. The Morgan fingerprint density at radius 3 is 2.68 bits per heavy atom. The molecule has 2 heterocycles. The molecule has 0 saturated heterocycles. The van der Waals surface area contributed by atoms with Crippen LogP contribution in [0.4, 0.5) is 0 Å². The zero-order valence-corrected chi connectivity index (χ0v) is 14.5. The molecule has 0 amide bonds. The number of thiazole rings is 1. The molecule has 1 aromatic carbocycles. The number of hydrogen-bond acceptors (Lipinski definition) is 5. The Morgan fingerprint density at radius 1 is 1.14 bits per heavy atom. The van der Waals surface area contributed by atoms with Crippen molar-refractivity contribution in [2.24, 2.45) is 0 Å². The first kappa shape index (κ1) is 15.6. The maximum atomic E-state index is 12.1. The van der Waals surface area contributed by atoms with Crippen molar-refractivity contribution >= 4 is 42.9 Å². The zero-order chi connectivity index (χ0) is 15.6. The van der Waals surface area contributed by atoms with E-state index in [0.29, 0.717) is 10.8 Å². The Morgan fingerprint density at radius 2 is 1.95 bits per heavy atom. The lowest BCUT2D eigenvalue weighted by atomic mass is 10.3. The van der Waals surface area contributed by atoms with Gasteiger partial charge in [-0.05, 0) is 37.6 Å². The lowest BCUT2D eigenvalue weighted by Crippen LogP contribution is -2.24. The van der Waals surface area contributed by atoms with E-state index in [1.807, 2.05) is 31.2 Å². The number of sulfonamides is 1. The summed E-state index contributed by atoms with van der Waals surface area (Å²) in [6.45, 7) is 2.33. The molecule has 1 N–H and O–H groups in total. The van der Waals surface area contributed by atoms with E-state index in [0.717, 1.165) is 28.2 Å². The number of para-hydroxylation sites is 1. The van der Waals surface area contributed by atoms with Crippen LogP contribution in [0.15, 0.2) is 40.6 Å². The molecular formula is C15H16N2O2S3. The van der Waals surface area contributed by atoms with Gasteiger partial charge in [0, 0.05) is 17.8 Å². The number of benzene rings is 1. The number of aryl methyl sites for hydroxylation is 2. The molecule has 4 nitrogen and oxygen atoms in total. The van der Waals surface area contributed by atoms with Crippen LogP contribution in [0, 0.1) is 6.92 Å². The van der Waals surface area contributed by atoms with Crippen molar-refractivity contribution < 1.29 is 8.42 Å². The SMILES string of the molecule is Cc1ccc(S(=O)(=O)NCCCc2nc3ccccc3s2)s1. The number of rotatable bonds is 6. The summed E-state index contributed by atoms with van der Waals surface area (Å²) in [4.78, 5) is 5.55. The molecule has 0 spiro atoms. The van der Waals surface area contributed by atoms with Crippen LogP contribution in [0.5, 0.6) is 0 Å². The van der Waals surface area contributed by atoms with Crippen molar-refractivity contribution in [3.05, 3.63) is 46.3 Å². The molecule has 3 aromatic rings. The summed E-state index contributed by atoms with van der Waals surface area (Å²) in [6.07, 6.45) is 1.52. The number of nitrogens with one attached hydrogen (secondary N) is 1. The van der Waals surface area contributed by atoms with Gasteiger partial charge in [0.05, 0.1) is 15.2 Å². The zero-order valence-electron chi connectivity index (χ0n) is 12.1. The number of thiophene rings is 1. The van der Waals surface area contributed by atoms with Crippen LogP contribution in [-0.4, -0.2) is 19.9 Å². The number of fused-ring (bicyclic) bond motifs is 1. The minimum Gasteiger partial charge on any atom is -0.241 e. The summed E-state index contributed by atoms with van der Waals surface area (Å²) in [6, 6.07) is 11.5. The minimum absolute atomic E-state index is 0.380. The highest BCUT2D eigenvalue weighted by Gasteiger charge is 2.15. The third-order valence-corrected chi connectivity index (χ3v) is 7.23. The first-order chi connectivity index (χ1) is 10.5. The van der Waals surface area contributed by atoms with Crippen molar-refractivity contribution in [3.63, 3.8) is 0 Å². The van der Waals surface area contributed by atoms with Gasteiger partial charge in [0.2, 0.25) is 10.0 Å². The summed E-state index contributed by atoms with van der Waals surface area (Å²) in [7, 11) is -3.37. The van der Waals surface area contributed by atoms with Crippen molar-refractivity contribution in [2.45, 2.75) is 24.0 Å². The summed E-state index contributed by atoms with van der Waals surface area (Å²) in [5.74, 6) is 0. The Labute approximate surface area is 137 Å². The average Bonchev–Trinajstić information content (AvgIpc) is 3.09. The van der Waals surface area contributed by atoms with Crippen LogP contribution in [0.25, 0.3) is 10.2 Å². The summed E-state index contributed by atoms with van der Waals surface area (Å²) in [5, 5.41) is 1.05. The van der Waals surface area contributed by atoms with Crippen LogP contribution < -0.4 is 4.72 Å². The van der Waals surface area contributed by atoms with Gasteiger partial charge in [-0.1, -0.05) is 12.1 Å². The normalized spacial score (nSPS) is 12.0. The third-order valence-electron chi connectivity index (χ3n) is 3.18. The monoisotopic (exact) mass is 352 g/mol. The second-order valence-corrected chi connectivity index (χ2v) is 9.34. The molecular weight excluding hydrogens is 336 g/mol. The molecule has 0 saturated carbocycles. The fourth-order valence-electron chi connectivity index (χ4n) is 2.10. The molecule has 0 radical (unpaired) electrons. The number of aromatic nitrogens is 1. The van der Waals surface area contributed by atoms with Crippen molar-refractivity contribution in [2.75, 3.05) is 6.54 Å².